The van der Waals surface area contributed by atoms with E-state index in [1.807, 2.05) is 32.0 Å². The largest absolute Gasteiger partial charge is 0.489 e. The number of anilines is 1. The Bertz CT molecular complexity index is 568. The number of ether oxygens (including phenoxy) is 2. The second-order valence-corrected chi connectivity index (χ2v) is 6.25. The Morgan fingerprint density at radius 3 is 2.75 bits per heavy atom. The number of carbonyl (C=O) groups excluding carboxylic acids is 2. The van der Waals surface area contributed by atoms with Crippen molar-refractivity contribution in [3.05, 3.63) is 24.3 Å². The number of nitrogens with zero attached hydrogens (tertiary/aromatic N) is 1. The molecule has 0 aliphatic carbocycles. The van der Waals surface area contributed by atoms with Crippen LogP contribution in [0.3, 0.4) is 0 Å². The van der Waals surface area contributed by atoms with Crippen molar-refractivity contribution in [1.29, 1.82) is 0 Å². The lowest BCUT2D eigenvalue weighted by Gasteiger charge is -2.24. The Morgan fingerprint density at radius 2 is 2.12 bits per heavy atom. The van der Waals surface area contributed by atoms with Gasteiger partial charge in [-0.3, -0.25) is 9.59 Å². The molecule has 1 unspecified atom stereocenters. The summed E-state index contributed by atoms with van der Waals surface area (Å²) in [6.07, 6.45) is 1.97. The zero-order valence-corrected chi connectivity index (χ0v) is 14.6. The fourth-order valence-electron chi connectivity index (χ4n) is 2.63. The van der Waals surface area contributed by atoms with Crippen molar-refractivity contribution in [2.75, 3.05) is 25.0 Å². The van der Waals surface area contributed by atoms with E-state index in [-0.39, 0.29) is 30.6 Å². The first-order valence-corrected chi connectivity index (χ1v) is 8.38. The van der Waals surface area contributed by atoms with Crippen LogP contribution in [-0.4, -0.2) is 48.6 Å². The smallest absolute Gasteiger partial charge is 0.244 e. The van der Waals surface area contributed by atoms with Gasteiger partial charge < -0.3 is 19.7 Å². The molecule has 1 N–H and O–H groups in total. The van der Waals surface area contributed by atoms with Crippen molar-refractivity contribution in [3.63, 3.8) is 0 Å². The zero-order chi connectivity index (χ0) is 17.5. The summed E-state index contributed by atoms with van der Waals surface area (Å²) in [6, 6.07) is 7.28. The molecule has 1 heterocycles. The zero-order valence-electron chi connectivity index (χ0n) is 14.6. The standard InChI is InChI=1S/C18H26N2O4/c1-13(2)24-17-9-5-4-8-16(17)19-18(22)12-20(14(3)21)11-15-7-6-10-23-15/h4-5,8-9,13,15H,6-7,10-12H2,1-3H3,(H,19,22). The summed E-state index contributed by atoms with van der Waals surface area (Å²) < 4.78 is 11.2. The summed E-state index contributed by atoms with van der Waals surface area (Å²) in [7, 11) is 0. The van der Waals surface area contributed by atoms with Crippen molar-refractivity contribution < 1.29 is 19.1 Å². The first-order valence-electron chi connectivity index (χ1n) is 8.38. The molecule has 0 radical (unpaired) electrons. The highest BCUT2D eigenvalue weighted by molar-refractivity contribution is 5.95. The average molecular weight is 334 g/mol. The molecule has 132 valence electrons. The molecule has 2 amide bonds. The van der Waals surface area contributed by atoms with Gasteiger partial charge in [-0.2, -0.15) is 0 Å². The molecule has 6 heteroatoms. The molecule has 1 aromatic rings. The summed E-state index contributed by atoms with van der Waals surface area (Å²) in [4.78, 5) is 25.7. The molecule has 24 heavy (non-hydrogen) atoms. The fourth-order valence-corrected chi connectivity index (χ4v) is 2.63. The number of nitrogens with one attached hydrogen (secondary N) is 1. The lowest BCUT2D eigenvalue weighted by Crippen LogP contribution is -2.41. The molecule has 1 aliphatic heterocycles. The third-order valence-corrected chi connectivity index (χ3v) is 3.75. The summed E-state index contributed by atoms with van der Waals surface area (Å²) in [6.45, 7) is 6.51. The molecular formula is C18H26N2O4. The van der Waals surface area contributed by atoms with E-state index >= 15 is 0 Å². The maximum absolute atomic E-state index is 12.3. The van der Waals surface area contributed by atoms with Crippen LogP contribution in [0.5, 0.6) is 5.75 Å². The lowest BCUT2D eigenvalue weighted by atomic mass is 10.2. The van der Waals surface area contributed by atoms with E-state index in [9.17, 15) is 9.59 Å². The molecule has 1 aromatic carbocycles. The summed E-state index contributed by atoms with van der Waals surface area (Å²) in [5.74, 6) is 0.240. The van der Waals surface area contributed by atoms with Gasteiger partial charge in [-0.25, -0.2) is 0 Å². The average Bonchev–Trinajstić information content (AvgIpc) is 3.01. The van der Waals surface area contributed by atoms with Gasteiger partial charge in [-0.1, -0.05) is 12.1 Å². The second kappa shape index (κ2) is 8.68. The Labute approximate surface area is 143 Å². The predicted molar refractivity (Wildman–Crippen MR) is 92.1 cm³/mol. The molecule has 0 spiro atoms. The van der Waals surface area contributed by atoms with Gasteiger partial charge in [0.2, 0.25) is 11.8 Å². The van der Waals surface area contributed by atoms with Crippen molar-refractivity contribution >= 4 is 17.5 Å². The molecular weight excluding hydrogens is 308 g/mol. The van der Waals surface area contributed by atoms with Crippen LogP contribution in [0.2, 0.25) is 0 Å². The van der Waals surface area contributed by atoms with Crippen LogP contribution in [0.4, 0.5) is 5.69 Å². The molecule has 0 aromatic heterocycles. The Kier molecular flexibility index (Phi) is 6.61. The van der Waals surface area contributed by atoms with Gasteiger partial charge in [0.15, 0.2) is 0 Å². The van der Waals surface area contributed by atoms with Gasteiger partial charge in [-0.05, 0) is 38.8 Å². The fraction of sp³-hybridized carbons (Fsp3) is 0.556. The quantitative estimate of drug-likeness (QED) is 0.831. The minimum absolute atomic E-state index is 0.00516. The topological polar surface area (TPSA) is 67.9 Å². The summed E-state index contributed by atoms with van der Waals surface area (Å²) >= 11 is 0. The number of para-hydroxylation sites is 2. The normalized spacial score (nSPS) is 16.9. The highest BCUT2D eigenvalue weighted by Crippen LogP contribution is 2.24. The van der Waals surface area contributed by atoms with Crippen molar-refractivity contribution in [1.82, 2.24) is 4.90 Å². The maximum atomic E-state index is 12.3. The van der Waals surface area contributed by atoms with Gasteiger partial charge >= 0.3 is 0 Å². The van der Waals surface area contributed by atoms with Gasteiger partial charge in [0, 0.05) is 20.1 Å². The highest BCUT2D eigenvalue weighted by atomic mass is 16.5. The van der Waals surface area contributed by atoms with Crippen LogP contribution in [-0.2, 0) is 14.3 Å². The maximum Gasteiger partial charge on any atom is 0.244 e. The number of hydrogen-bond donors (Lipinski definition) is 1. The van der Waals surface area contributed by atoms with Crippen LogP contribution >= 0.6 is 0 Å². The third-order valence-electron chi connectivity index (χ3n) is 3.75. The predicted octanol–water partition coefficient (Wildman–Crippen LogP) is 2.44. The Balaban J connectivity index is 1.96. The molecule has 0 bridgehead atoms. The molecule has 1 aliphatic rings. The molecule has 1 fully saturated rings. The number of benzene rings is 1. The minimum atomic E-state index is -0.247. The highest BCUT2D eigenvalue weighted by Gasteiger charge is 2.22. The Hall–Kier alpha value is -2.08. The van der Waals surface area contributed by atoms with Gasteiger partial charge in [0.1, 0.15) is 5.75 Å². The molecule has 1 saturated heterocycles. The molecule has 6 nitrogen and oxygen atoms in total. The van der Waals surface area contributed by atoms with E-state index in [1.165, 1.54) is 11.8 Å². The SMILES string of the molecule is CC(=O)N(CC(=O)Nc1ccccc1OC(C)C)CC1CCCO1. The number of amides is 2. The van der Waals surface area contributed by atoms with E-state index in [1.54, 1.807) is 6.07 Å². The van der Waals surface area contributed by atoms with Gasteiger partial charge in [-0.15, -0.1) is 0 Å². The monoisotopic (exact) mass is 334 g/mol. The van der Waals surface area contributed by atoms with Crippen molar-refractivity contribution in [3.8, 4) is 5.75 Å². The lowest BCUT2D eigenvalue weighted by molar-refractivity contribution is -0.134. The van der Waals surface area contributed by atoms with Gasteiger partial charge in [0.05, 0.1) is 24.4 Å². The van der Waals surface area contributed by atoms with E-state index < -0.39 is 0 Å². The van der Waals surface area contributed by atoms with Crippen LogP contribution in [0.1, 0.15) is 33.6 Å². The Morgan fingerprint density at radius 1 is 1.38 bits per heavy atom. The first-order chi connectivity index (χ1) is 11.5. The first kappa shape index (κ1) is 18.3. The van der Waals surface area contributed by atoms with Gasteiger partial charge in [0.25, 0.3) is 0 Å². The number of hydrogen-bond acceptors (Lipinski definition) is 4. The molecule has 2 rings (SSSR count). The van der Waals surface area contributed by atoms with Crippen LogP contribution in [0.25, 0.3) is 0 Å². The van der Waals surface area contributed by atoms with Crippen LogP contribution < -0.4 is 10.1 Å². The molecule has 0 saturated carbocycles. The van der Waals surface area contributed by atoms with Crippen molar-refractivity contribution in [2.24, 2.45) is 0 Å². The molecule has 1 atom stereocenters. The number of rotatable bonds is 7. The minimum Gasteiger partial charge on any atom is -0.489 e. The van der Waals surface area contributed by atoms with Crippen LogP contribution in [0.15, 0.2) is 24.3 Å². The van der Waals surface area contributed by atoms with Crippen LogP contribution in [0, 0.1) is 0 Å². The summed E-state index contributed by atoms with van der Waals surface area (Å²) in [5, 5.41) is 2.83. The van der Waals surface area contributed by atoms with Crippen molar-refractivity contribution in [2.45, 2.75) is 45.8 Å². The number of carbonyl (C=O) groups is 2. The van der Waals surface area contributed by atoms with E-state index in [0.717, 1.165) is 19.4 Å². The second-order valence-electron chi connectivity index (χ2n) is 6.25. The third kappa shape index (κ3) is 5.53. The van der Waals surface area contributed by atoms with E-state index in [0.29, 0.717) is 18.0 Å². The van der Waals surface area contributed by atoms with E-state index in [4.69, 9.17) is 9.47 Å². The van der Waals surface area contributed by atoms with E-state index in [2.05, 4.69) is 5.32 Å². The summed E-state index contributed by atoms with van der Waals surface area (Å²) in [5.41, 5.74) is 0.608.